The Kier molecular flexibility index (Phi) is 3.90. The Hall–Kier alpha value is 0. The molecule has 1 fully saturated rings. The number of rotatable bonds is 4. The fourth-order valence-corrected chi connectivity index (χ4v) is 3.22. The van der Waals surface area contributed by atoms with Gasteiger partial charge in [0.05, 0.1) is 0 Å². The van der Waals surface area contributed by atoms with E-state index in [0.717, 1.165) is 29.6 Å². The largest absolute Gasteiger partial charge is 0.0651 e. The smallest absolute Gasteiger partial charge is 0.0354 e. The second kappa shape index (κ2) is 4.47. The Bertz CT molecular complexity index is 199. The highest BCUT2D eigenvalue weighted by Gasteiger charge is 2.42. The van der Waals surface area contributed by atoms with Crippen molar-refractivity contribution in [2.45, 2.75) is 61.3 Å². The summed E-state index contributed by atoms with van der Waals surface area (Å²) < 4.78 is 0. The van der Waals surface area contributed by atoms with Crippen LogP contribution in [-0.2, 0) is 0 Å². The van der Waals surface area contributed by atoms with Crippen LogP contribution in [0.15, 0.2) is 0 Å². The molecule has 0 nitrogen and oxygen atoms in total. The van der Waals surface area contributed by atoms with Crippen LogP contribution in [0.1, 0.15) is 61.3 Å². The van der Waals surface area contributed by atoms with Crippen molar-refractivity contribution >= 4 is 0 Å². The molecule has 1 aliphatic rings. The molecule has 15 heavy (non-hydrogen) atoms. The van der Waals surface area contributed by atoms with Crippen LogP contribution in [0.5, 0.6) is 0 Å². The van der Waals surface area contributed by atoms with Gasteiger partial charge in [0.15, 0.2) is 0 Å². The highest BCUT2D eigenvalue weighted by molar-refractivity contribution is 4.91. The minimum Gasteiger partial charge on any atom is -0.0651 e. The summed E-state index contributed by atoms with van der Waals surface area (Å²) in [6.45, 7) is 16.9. The monoisotopic (exact) mass is 210 g/mol. The molecule has 0 N–H and O–H groups in total. The van der Waals surface area contributed by atoms with Crippen molar-refractivity contribution in [2.75, 3.05) is 0 Å². The van der Waals surface area contributed by atoms with E-state index < -0.39 is 0 Å². The first kappa shape index (κ1) is 13.1. The van der Waals surface area contributed by atoms with Gasteiger partial charge in [-0.15, -0.1) is 0 Å². The fourth-order valence-electron chi connectivity index (χ4n) is 3.22. The summed E-state index contributed by atoms with van der Waals surface area (Å²) in [6.07, 6.45) is 2.83. The van der Waals surface area contributed by atoms with Gasteiger partial charge in [-0.1, -0.05) is 54.9 Å². The van der Waals surface area contributed by atoms with Gasteiger partial charge in [-0.2, -0.15) is 0 Å². The van der Waals surface area contributed by atoms with Crippen molar-refractivity contribution in [2.24, 2.45) is 35.0 Å². The summed E-state index contributed by atoms with van der Waals surface area (Å²) in [5.74, 6) is 4.71. The zero-order valence-electron chi connectivity index (χ0n) is 11.8. The normalized spacial score (nSPS) is 32.2. The Morgan fingerprint density at radius 3 is 1.93 bits per heavy atom. The standard InChI is InChI=1S/C15H30/c1-8-13(12(4)15(5,6)7)11(3)14-9-10(14)2/h10-14H,8-9H2,1-7H3. The van der Waals surface area contributed by atoms with Crippen LogP contribution in [0, 0.1) is 35.0 Å². The van der Waals surface area contributed by atoms with Gasteiger partial charge in [-0.25, -0.2) is 0 Å². The predicted molar refractivity (Wildman–Crippen MR) is 68.8 cm³/mol. The van der Waals surface area contributed by atoms with Crippen molar-refractivity contribution in [1.29, 1.82) is 0 Å². The van der Waals surface area contributed by atoms with E-state index in [1.54, 1.807) is 0 Å². The quantitative estimate of drug-likeness (QED) is 0.613. The lowest BCUT2D eigenvalue weighted by atomic mass is 9.68. The van der Waals surface area contributed by atoms with Crippen molar-refractivity contribution in [1.82, 2.24) is 0 Å². The van der Waals surface area contributed by atoms with E-state index in [1.165, 1.54) is 12.8 Å². The summed E-state index contributed by atoms with van der Waals surface area (Å²) in [7, 11) is 0. The van der Waals surface area contributed by atoms with E-state index >= 15 is 0 Å². The predicted octanol–water partition coefficient (Wildman–Crippen LogP) is 4.99. The molecule has 0 heteroatoms. The van der Waals surface area contributed by atoms with Gasteiger partial charge >= 0.3 is 0 Å². The third-order valence-electron chi connectivity index (χ3n) is 5.00. The van der Waals surface area contributed by atoms with E-state index in [-0.39, 0.29) is 0 Å². The van der Waals surface area contributed by atoms with Crippen molar-refractivity contribution < 1.29 is 0 Å². The molecule has 1 saturated carbocycles. The van der Waals surface area contributed by atoms with E-state index in [9.17, 15) is 0 Å². The molecule has 90 valence electrons. The molecule has 0 heterocycles. The maximum absolute atomic E-state index is 2.49. The summed E-state index contributed by atoms with van der Waals surface area (Å²) in [5, 5.41) is 0. The highest BCUT2D eigenvalue weighted by Crippen LogP contribution is 2.50. The molecule has 1 rings (SSSR count). The van der Waals surface area contributed by atoms with Crippen LogP contribution >= 0.6 is 0 Å². The fraction of sp³-hybridized carbons (Fsp3) is 1.00. The Morgan fingerprint density at radius 1 is 1.20 bits per heavy atom. The number of hydrogen-bond donors (Lipinski definition) is 0. The molecular formula is C15H30. The SMILES string of the molecule is CCC(C(C)C1CC1C)C(C)C(C)(C)C. The van der Waals surface area contributed by atoms with Gasteiger partial charge in [0.1, 0.15) is 0 Å². The zero-order valence-corrected chi connectivity index (χ0v) is 11.8. The van der Waals surface area contributed by atoms with Gasteiger partial charge < -0.3 is 0 Å². The number of hydrogen-bond acceptors (Lipinski definition) is 0. The van der Waals surface area contributed by atoms with E-state index in [4.69, 9.17) is 0 Å². The lowest BCUT2D eigenvalue weighted by Crippen LogP contribution is -2.30. The molecule has 0 radical (unpaired) electrons. The lowest BCUT2D eigenvalue weighted by Gasteiger charge is -2.37. The minimum atomic E-state index is 0.465. The van der Waals surface area contributed by atoms with E-state index in [0.29, 0.717) is 5.41 Å². The van der Waals surface area contributed by atoms with Crippen molar-refractivity contribution in [3.8, 4) is 0 Å². The summed E-state index contributed by atoms with van der Waals surface area (Å²) >= 11 is 0. The topological polar surface area (TPSA) is 0 Å². The molecule has 1 aliphatic carbocycles. The van der Waals surface area contributed by atoms with Crippen molar-refractivity contribution in [3.05, 3.63) is 0 Å². The van der Waals surface area contributed by atoms with Crippen LogP contribution in [0.2, 0.25) is 0 Å². The third kappa shape index (κ3) is 2.98. The lowest BCUT2D eigenvalue weighted by molar-refractivity contribution is 0.116. The maximum atomic E-state index is 2.49. The molecule has 0 aliphatic heterocycles. The minimum absolute atomic E-state index is 0.465. The molecule has 0 aromatic heterocycles. The molecule has 0 saturated heterocycles. The van der Waals surface area contributed by atoms with E-state index in [2.05, 4.69) is 48.5 Å². The first-order valence-electron chi connectivity index (χ1n) is 6.79. The summed E-state index contributed by atoms with van der Waals surface area (Å²) in [6, 6.07) is 0. The van der Waals surface area contributed by atoms with Gasteiger partial charge in [-0.3, -0.25) is 0 Å². The molecule has 0 amide bonds. The zero-order chi connectivity index (χ0) is 11.8. The van der Waals surface area contributed by atoms with Gasteiger partial charge in [0, 0.05) is 0 Å². The molecule has 0 bridgehead atoms. The molecule has 0 spiro atoms. The van der Waals surface area contributed by atoms with Crippen LogP contribution in [0.25, 0.3) is 0 Å². The van der Waals surface area contributed by atoms with Crippen LogP contribution in [-0.4, -0.2) is 0 Å². The average Bonchev–Trinajstić information content (AvgIpc) is 2.82. The summed E-state index contributed by atoms with van der Waals surface area (Å²) in [4.78, 5) is 0. The second-order valence-electron chi connectivity index (χ2n) is 6.96. The molecule has 5 unspecified atom stereocenters. The van der Waals surface area contributed by atoms with Gasteiger partial charge in [-0.05, 0) is 41.4 Å². The molecule has 0 aromatic rings. The Balaban J connectivity index is 2.62. The van der Waals surface area contributed by atoms with Crippen LogP contribution in [0.3, 0.4) is 0 Å². The van der Waals surface area contributed by atoms with Gasteiger partial charge in [0.2, 0.25) is 0 Å². The third-order valence-corrected chi connectivity index (χ3v) is 5.00. The first-order valence-corrected chi connectivity index (χ1v) is 6.79. The maximum Gasteiger partial charge on any atom is -0.0354 e. The second-order valence-corrected chi connectivity index (χ2v) is 6.96. The molecule has 0 aromatic carbocycles. The Labute approximate surface area is 96.8 Å². The molecular weight excluding hydrogens is 180 g/mol. The van der Waals surface area contributed by atoms with E-state index in [1.807, 2.05) is 0 Å². The van der Waals surface area contributed by atoms with Crippen LogP contribution in [0.4, 0.5) is 0 Å². The Morgan fingerprint density at radius 2 is 1.67 bits per heavy atom. The highest BCUT2D eigenvalue weighted by atomic mass is 14.5. The first-order chi connectivity index (χ1) is 6.79. The van der Waals surface area contributed by atoms with Crippen molar-refractivity contribution in [3.63, 3.8) is 0 Å². The van der Waals surface area contributed by atoms with Gasteiger partial charge in [0.25, 0.3) is 0 Å². The molecule has 5 atom stereocenters. The average molecular weight is 210 g/mol. The van der Waals surface area contributed by atoms with Crippen LogP contribution < -0.4 is 0 Å². The summed E-state index contributed by atoms with van der Waals surface area (Å²) in [5.41, 5.74) is 0.465.